The molecule has 0 unspecified atom stereocenters. The van der Waals surface area contributed by atoms with Crippen LogP contribution in [0, 0.1) is 6.92 Å². The van der Waals surface area contributed by atoms with Crippen molar-refractivity contribution >= 4 is 5.52 Å². The monoisotopic (exact) mass is 240 g/mol. The van der Waals surface area contributed by atoms with Gasteiger partial charge < -0.3 is 4.74 Å². The number of aryl methyl sites for hydroxylation is 1. The van der Waals surface area contributed by atoms with E-state index in [4.69, 9.17) is 9.26 Å². The minimum absolute atomic E-state index is 0.807. The van der Waals surface area contributed by atoms with Gasteiger partial charge in [-0.15, -0.1) is 0 Å². The van der Waals surface area contributed by atoms with Crippen molar-refractivity contribution < 1.29 is 13.8 Å². The molecule has 0 bridgehead atoms. The lowest BCUT2D eigenvalue weighted by atomic mass is 10.1. The number of fused-ring (bicyclic) bond motifs is 1. The van der Waals surface area contributed by atoms with Gasteiger partial charge in [0, 0.05) is 23.6 Å². The number of ether oxygens (including phenoxy) is 1. The first-order valence-corrected chi connectivity index (χ1v) is 5.85. The Kier molecular flexibility index (Phi) is 2.52. The topological polar surface area (TPSA) is 26.5 Å². The first-order chi connectivity index (χ1) is 8.79. The SMILES string of the molecule is COc1ccccc1-c1cc2cccc(C)[n+]2o1. The van der Waals surface area contributed by atoms with Crippen LogP contribution in [0.2, 0.25) is 0 Å². The number of nitrogens with zero attached hydrogens (tertiary/aromatic N) is 1. The Morgan fingerprint density at radius 2 is 1.89 bits per heavy atom. The van der Waals surface area contributed by atoms with Crippen molar-refractivity contribution in [2.45, 2.75) is 6.92 Å². The zero-order valence-corrected chi connectivity index (χ0v) is 10.4. The minimum Gasteiger partial charge on any atom is -0.496 e. The first kappa shape index (κ1) is 10.8. The van der Waals surface area contributed by atoms with E-state index in [1.54, 1.807) is 7.11 Å². The molecular weight excluding hydrogens is 226 g/mol. The highest BCUT2D eigenvalue weighted by Crippen LogP contribution is 2.29. The third-order valence-electron chi connectivity index (χ3n) is 3.00. The van der Waals surface area contributed by atoms with Crippen LogP contribution in [0.4, 0.5) is 0 Å². The van der Waals surface area contributed by atoms with Crippen molar-refractivity contribution in [1.29, 1.82) is 0 Å². The van der Waals surface area contributed by atoms with Crippen LogP contribution in [-0.4, -0.2) is 7.11 Å². The molecule has 0 radical (unpaired) electrons. The minimum atomic E-state index is 0.807. The highest BCUT2D eigenvalue weighted by atomic mass is 16.5. The number of para-hydroxylation sites is 1. The molecule has 2 heterocycles. The van der Waals surface area contributed by atoms with Crippen molar-refractivity contribution in [3.05, 3.63) is 54.2 Å². The van der Waals surface area contributed by atoms with E-state index in [0.29, 0.717) is 0 Å². The molecule has 1 aromatic carbocycles. The van der Waals surface area contributed by atoms with E-state index in [1.807, 2.05) is 60.0 Å². The third kappa shape index (κ3) is 1.64. The van der Waals surface area contributed by atoms with Crippen LogP contribution in [-0.2, 0) is 0 Å². The fourth-order valence-electron chi connectivity index (χ4n) is 2.09. The standard InChI is InChI=1S/C15H14NO2/c1-11-6-5-7-12-10-15(18-16(11)12)13-8-3-4-9-14(13)17-2/h3-10H,1-2H3/q+1. The molecule has 0 N–H and O–H groups in total. The Morgan fingerprint density at radius 1 is 1.06 bits per heavy atom. The zero-order valence-electron chi connectivity index (χ0n) is 10.4. The molecule has 0 spiro atoms. The van der Waals surface area contributed by atoms with Gasteiger partial charge in [-0.2, -0.15) is 0 Å². The Balaban J connectivity index is 2.23. The summed E-state index contributed by atoms with van der Waals surface area (Å²) in [5.74, 6) is 1.62. The second-order valence-corrected chi connectivity index (χ2v) is 4.19. The molecule has 0 amide bonds. The predicted molar refractivity (Wildman–Crippen MR) is 68.6 cm³/mol. The molecule has 3 aromatic rings. The lowest BCUT2D eigenvalue weighted by Crippen LogP contribution is -2.21. The molecule has 0 aliphatic heterocycles. The van der Waals surface area contributed by atoms with Gasteiger partial charge in [-0.25, -0.2) is 4.52 Å². The average molecular weight is 240 g/mol. The number of rotatable bonds is 2. The summed E-state index contributed by atoms with van der Waals surface area (Å²) >= 11 is 0. The molecule has 0 fully saturated rings. The van der Waals surface area contributed by atoms with Crippen molar-refractivity contribution in [2.75, 3.05) is 7.11 Å². The van der Waals surface area contributed by atoms with Crippen LogP contribution in [0.15, 0.2) is 53.1 Å². The number of methoxy groups -OCH3 is 1. The summed E-state index contributed by atoms with van der Waals surface area (Å²) < 4.78 is 13.0. The average Bonchev–Trinajstić information content (AvgIpc) is 2.84. The molecule has 2 aromatic heterocycles. The lowest BCUT2D eigenvalue weighted by molar-refractivity contribution is -0.720. The number of benzene rings is 1. The summed E-state index contributed by atoms with van der Waals surface area (Å²) in [5.41, 5.74) is 3.06. The summed E-state index contributed by atoms with van der Waals surface area (Å²) in [4.78, 5) is 0. The summed E-state index contributed by atoms with van der Waals surface area (Å²) in [6.07, 6.45) is 0. The van der Waals surface area contributed by atoms with Crippen molar-refractivity contribution in [3.8, 4) is 17.1 Å². The van der Waals surface area contributed by atoms with Crippen molar-refractivity contribution in [3.63, 3.8) is 0 Å². The normalized spacial score (nSPS) is 10.8. The maximum atomic E-state index is 5.86. The quantitative estimate of drug-likeness (QED) is 0.644. The molecule has 0 saturated heterocycles. The molecule has 0 aliphatic rings. The van der Waals surface area contributed by atoms with Gasteiger partial charge in [0.15, 0.2) is 0 Å². The highest BCUT2D eigenvalue weighted by Gasteiger charge is 2.17. The van der Waals surface area contributed by atoms with Gasteiger partial charge in [0.1, 0.15) is 5.75 Å². The van der Waals surface area contributed by atoms with Crippen LogP contribution >= 0.6 is 0 Å². The molecule has 0 saturated carbocycles. The van der Waals surface area contributed by atoms with Gasteiger partial charge >= 0.3 is 0 Å². The van der Waals surface area contributed by atoms with E-state index < -0.39 is 0 Å². The second kappa shape index (κ2) is 4.18. The van der Waals surface area contributed by atoms with Gasteiger partial charge in [0.05, 0.1) is 18.7 Å². The molecule has 18 heavy (non-hydrogen) atoms. The fraction of sp³-hybridized carbons (Fsp3) is 0.133. The van der Waals surface area contributed by atoms with Crippen molar-refractivity contribution in [2.24, 2.45) is 0 Å². The smallest absolute Gasteiger partial charge is 0.262 e. The molecule has 3 heteroatoms. The molecule has 3 rings (SSSR count). The van der Waals surface area contributed by atoms with Gasteiger partial charge in [-0.3, -0.25) is 0 Å². The van der Waals surface area contributed by atoms with E-state index in [-0.39, 0.29) is 0 Å². The van der Waals surface area contributed by atoms with E-state index in [1.165, 1.54) is 0 Å². The lowest BCUT2D eigenvalue weighted by Gasteiger charge is -2.02. The van der Waals surface area contributed by atoms with Crippen molar-refractivity contribution in [1.82, 2.24) is 0 Å². The number of hydrogen-bond acceptors (Lipinski definition) is 2. The van der Waals surface area contributed by atoms with Gasteiger partial charge in [0.2, 0.25) is 11.5 Å². The Labute approximate surface area is 105 Å². The van der Waals surface area contributed by atoms with Crippen LogP contribution < -0.4 is 9.31 Å². The first-order valence-electron chi connectivity index (χ1n) is 5.85. The molecule has 3 nitrogen and oxygen atoms in total. The van der Waals surface area contributed by atoms with Gasteiger partial charge in [-0.1, -0.05) is 12.1 Å². The Hall–Kier alpha value is -2.29. The molecule has 90 valence electrons. The van der Waals surface area contributed by atoms with Crippen LogP contribution in [0.25, 0.3) is 16.8 Å². The molecule has 0 atom stereocenters. The number of hydrogen-bond donors (Lipinski definition) is 0. The summed E-state index contributed by atoms with van der Waals surface area (Å²) in [6.45, 7) is 2.02. The summed E-state index contributed by atoms with van der Waals surface area (Å²) in [6, 6.07) is 15.9. The second-order valence-electron chi connectivity index (χ2n) is 4.19. The highest BCUT2D eigenvalue weighted by molar-refractivity contribution is 5.68. The third-order valence-corrected chi connectivity index (χ3v) is 3.00. The molecule has 0 aliphatic carbocycles. The molecular formula is C15H14NO2+. The van der Waals surface area contributed by atoms with Gasteiger partial charge in [0.25, 0.3) is 5.52 Å². The van der Waals surface area contributed by atoms with E-state index in [0.717, 1.165) is 28.3 Å². The number of aromatic nitrogens is 1. The predicted octanol–water partition coefficient (Wildman–Crippen LogP) is 3.00. The Morgan fingerprint density at radius 3 is 2.67 bits per heavy atom. The maximum absolute atomic E-state index is 5.86. The van der Waals surface area contributed by atoms with Crippen LogP contribution in [0.3, 0.4) is 0 Å². The van der Waals surface area contributed by atoms with Crippen LogP contribution in [0.5, 0.6) is 5.75 Å². The fourth-order valence-corrected chi connectivity index (χ4v) is 2.09. The summed E-state index contributed by atoms with van der Waals surface area (Å²) in [5, 5.41) is 0. The van der Waals surface area contributed by atoms with E-state index >= 15 is 0 Å². The zero-order chi connectivity index (χ0) is 12.5. The van der Waals surface area contributed by atoms with Gasteiger partial charge in [-0.05, 0) is 18.2 Å². The maximum Gasteiger partial charge on any atom is 0.262 e. The largest absolute Gasteiger partial charge is 0.496 e. The van der Waals surface area contributed by atoms with E-state index in [9.17, 15) is 0 Å². The Bertz CT molecular complexity index is 701. The van der Waals surface area contributed by atoms with E-state index in [2.05, 4.69) is 0 Å². The van der Waals surface area contributed by atoms with Crippen LogP contribution in [0.1, 0.15) is 5.69 Å². The number of pyridine rings is 1. The summed E-state index contributed by atoms with van der Waals surface area (Å²) in [7, 11) is 1.67.